The Kier molecular flexibility index (Phi) is 8.78. The summed E-state index contributed by atoms with van der Waals surface area (Å²) >= 11 is 0. The number of nitrogens with zero attached hydrogens (tertiary/aromatic N) is 2. The highest BCUT2D eigenvalue weighted by Gasteiger charge is 2.23. The smallest absolute Gasteiger partial charge is 0.237 e. The molecule has 1 aromatic heterocycles. The number of nitrogens with one attached hydrogen (secondary N) is 1. The minimum Gasteiger partial charge on any atom is -0.353 e. The maximum atomic E-state index is 12.2. The quantitative estimate of drug-likeness (QED) is 0.619. The third-order valence-corrected chi connectivity index (χ3v) is 4.68. The lowest BCUT2D eigenvalue weighted by molar-refractivity contribution is -0.122. The third kappa shape index (κ3) is 6.44. The minimum absolute atomic E-state index is 0. The van der Waals surface area contributed by atoms with Gasteiger partial charge >= 0.3 is 0 Å². The van der Waals surface area contributed by atoms with Gasteiger partial charge in [-0.05, 0) is 18.4 Å². The molecule has 1 atom stereocenters. The lowest BCUT2D eigenvalue weighted by Gasteiger charge is -2.27. The molecule has 0 bridgehead atoms. The Balaban J connectivity index is 0.00000338. The predicted molar refractivity (Wildman–Crippen MR) is 107 cm³/mol. The van der Waals surface area contributed by atoms with Crippen molar-refractivity contribution < 1.29 is 4.79 Å². The Morgan fingerprint density at radius 3 is 2.54 bits per heavy atom. The Labute approximate surface area is 161 Å². The van der Waals surface area contributed by atoms with Gasteiger partial charge in [0.15, 0.2) is 0 Å². The zero-order chi connectivity index (χ0) is 18.3. The maximum Gasteiger partial charge on any atom is 0.237 e. The van der Waals surface area contributed by atoms with E-state index >= 15 is 0 Å². The molecule has 0 saturated carbocycles. The van der Waals surface area contributed by atoms with Crippen LogP contribution in [0, 0.1) is 0 Å². The van der Waals surface area contributed by atoms with Crippen LogP contribution in [-0.4, -0.2) is 33.6 Å². The van der Waals surface area contributed by atoms with Crippen molar-refractivity contribution in [2.45, 2.75) is 51.2 Å². The van der Waals surface area contributed by atoms with Crippen molar-refractivity contribution in [1.29, 1.82) is 0 Å². The molecule has 0 unspecified atom stereocenters. The number of hydrogen-bond acceptors (Lipinski definition) is 4. The summed E-state index contributed by atoms with van der Waals surface area (Å²) in [6.07, 6.45) is 5.73. The molecule has 0 saturated heterocycles. The number of rotatable bonds is 9. The molecule has 144 valence electrons. The Bertz CT molecular complexity index is 670. The van der Waals surface area contributed by atoms with Crippen LogP contribution >= 0.6 is 12.4 Å². The van der Waals surface area contributed by atoms with Crippen LogP contribution < -0.4 is 16.8 Å². The molecule has 1 heterocycles. The van der Waals surface area contributed by atoms with Crippen molar-refractivity contribution in [3.63, 3.8) is 0 Å². The van der Waals surface area contributed by atoms with E-state index in [2.05, 4.69) is 22.4 Å². The highest BCUT2D eigenvalue weighted by molar-refractivity contribution is 5.85. The van der Waals surface area contributed by atoms with Crippen LogP contribution in [0.2, 0.25) is 0 Å². The topological polar surface area (TPSA) is 99.0 Å². The molecule has 6 nitrogen and oxygen atoms in total. The first-order chi connectivity index (χ1) is 12.0. The van der Waals surface area contributed by atoms with Crippen LogP contribution in [0.1, 0.15) is 37.9 Å². The van der Waals surface area contributed by atoms with E-state index in [1.54, 1.807) is 6.33 Å². The number of carbonyl (C=O) groups is 1. The van der Waals surface area contributed by atoms with Crippen molar-refractivity contribution in [1.82, 2.24) is 14.9 Å². The number of halogens is 1. The van der Waals surface area contributed by atoms with Gasteiger partial charge in [0, 0.05) is 31.2 Å². The van der Waals surface area contributed by atoms with Crippen LogP contribution in [0.4, 0.5) is 0 Å². The van der Waals surface area contributed by atoms with Crippen LogP contribution in [0.15, 0.2) is 42.9 Å². The molecule has 1 aromatic carbocycles. The average molecular weight is 380 g/mol. The summed E-state index contributed by atoms with van der Waals surface area (Å²) < 4.78 is 1.99. The van der Waals surface area contributed by atoms with Crippen LogP contribution in [-0.2, 0) is 17.8 Å². The first kappa shape index (κ1) is 22.2. The molecule has 0 radical (unpaired) electrons. The molecule has 0 spiro atoms. The van der Waals surface area contributed by atoms with E-state index in [1.807, 2.05) is 42.8 Å². The average Bonchev–Trinajstić information content (AvgIpc) is 3.07. The second-order valence-electron chi connectivity index (χ2n) is 6.62. The first-order valence-electron chi connectivity index (χ1n) is 8.82. The van der Waals surface area contributed by atoms with E-state index in [1.165, 1.54) is 5.56 Å². The van der Waals surface area contributed by atoms with Gasteiger partial charge in [0.25, 0.3) is 0 Å². The molecular weight excluding hydrogens is 350 g/mol. The minimum atomic E-state index is -0.627. The predicted octanol–water partition coefficient (Wildman–Crippen LogP) is 1.86. The molecule has 0 aliphatic carbocycles. The summed E-state index contributed by atoms with van der Waals surface area (Å²) in [6.45, 7) is 5.23. The van der Waals surface area contributed by atoms with Crippen LogP contribution in [0.3, 0.4) is 0 Å². The van der Waals surface area contributed by atoms with Gasteiger partial charge in [-0.1, -0.05) is 44.2 Å². The largest absolute Gasteiger partial charge is 0.353 e. The highest BCUT2D eigenvalue weighted by atomic mass is 35.5. The summed E-state index contributed by atoms with van der Waals surface area (Å²) in [7, 11) is 0. The molecule has 2 aromatic rings. The fourth-order valence-electron chi connectivity index (χ4n) is 2.60. The number of nitrogens with two attached hydrogens (primary N) is 2. The Hall–Kier alpha value is -1.89. The summed E-state index contributed by atoms with van der Waals surface area (Å²) in [5.41, 5.74) is 13.9. The number of benzene rings is 1. The first-order valence-corrected chi connectivity index (χ1v) is 8.82. The van der Waals surface area contributed by atoms with E-state index in [0.29, 0.717) is 13.0 Å². The fourth-order valence-corrected chi connectivity index (χ4v) is 2.60. The summed E-state index contributed by atoms with van der Waals surface area (Å²) in [6, 6.07) is 9.53. The molecule has 0 aliphatic heterocycles. The van der Waals surface area contributed by atoms with Gasteiger partial charge in [-0.2, -0.15) is 0 Å². The highest BCUT2D eigenvalue weighted by Crippen LogP contribution is 2.10. The molecule has 26 heavy (non-hydrogen) atoms. The van der Waals surface area contributed by atoms with Crippen LogP contribution in [0.25, 0.3) is 0 Å². The van der Waals surface area contributed by atoms with Gasteiger partial charge in [0.05, 0.1) is 18.1 Å². The lowest BCUT2D eigenvalue weighted by Crippen LogP contribution is -2.52. The van der Waals surface area contributed by atoms with E-state index in [9.17, 15) is 4.79 Å². The second-order valence-corrected chi connectivity index (χ2v) is 6.62. The summed E-state index contributed by atoms with van der Waals surface area (Å²) in [4.78, 5) is 16.6. The van der Waals surface area contributed by atoms with Crippen molar-refractivity contribution in [2.75, 3.05) is 6.54 Å². The molecule has 7 heteroatoms. The van der Waals surface area contributed by atoms with Crippen molar-refractivity contribution >= 4 is 18.3 Å². The monoisotopic (exact) mass is 379 g/mol. The zero-order valence-electron chi connectivity index (χ0n) is 15.5. The van der Waals surface area contributed by atoms with E-state index in [0.717, 1.165) is 25.1 Å². The summed E-state index contributed by atoms with van der Waals surface area (Å²) in [5, 5.41) is 2.87. The molecule has 5 N–H and O–H groups in total. The zero-order valence-corrected chi connectivity index (χ0v) is 16.3. The molecule has 2 rings (SSSR count). The second kappa shape index (κ2) is 10.3. The number of amides is 1. The number of hydrogen-bond donors (Lipinski definition) is 3. The SMILES string of the molecule is CCC(N)(CC)CNC(=O)[C@@H](N)Cc1cn(Cc2ccccc2)cn1.Cl. The van der Waals surface area contributed by atoms with Crippen molar-refractivity contribution in [3.05, 3.63) is 54.1 Å². The van der Waals surface area contributed by atoms with E-state index in [-0.39, 0.29) is 23.9 Å². The lowest BCUT2D eigenvalue weighted by atomic mass is 9.94. The molecule has 1 amide bonds. The molecular formula is C19H30ClN5O. The van der Waals surface area contributed by atoms with Gasteiger partial charge in [0.1, 0.15) is 0 Å². The van der Waals surface area contributed by atoms with Gasteiger partial charge in [0.2, 0.25) is 5.91 Å². The van der Waals surface area contributed by atoms with Crippen molar-refractivity contribution in [2.24, 2.45) is 11.5 Å². The molecule has 0 fully saturated rings. The standard InChI is InChI=1S/C19H29N5O.ClH/c1-3-19(21,4-2)13-22-18(25)17(20)10-16-12-24(14-23-16)11-15-8-6-5-7-9-15;/h5-9,12,14,17H,3-4,10-11,13,20-21H2,1-2H3,(H,22,25);1H/t17-;/m0./s1. The van der Waals surface area contributed by atoms with Crippen LogP contribution in [0.5, 0.6) is 0 Å². The van der Waals surface area contributed by atoms with E-state index < -0.39 is 6.04 Å². The third-order valence-electron chi connectivity index (χ3n) is 4.68. The van der Waals surface area contributed by atoms with Gasteiger partial charge in [-0.15, -0.1) is 12.4 Å². The number of carbonyl (C=O) groups excluding carboxylic acids is 1. The van der Waals surface area contributed by atoms with E-state index in [4.69, 9.17) is 11.5 Å². The number of imidazole rings is 1. The molecule has 0 aliphatic rings. The van der Waals surface area contributed by atoms with Gasteiger partial charge in [-0.3, -0.25) is 4.79 Å². The normalized spacial score (nSPS) is 12.3. The van der Waals surface area contributed by atoms with Gasteiger partial charge in [-0.25, -0.2) is 4.98 Å². The Morgan fingerprint density at radius 2 is 1.92 bits per heavy atom. The fraction of sp³-hybridized carbons (Fsp3) is 0.474. The van der Waals surface area contributed by atoms with Gasteiger partial charge < -0.3 is 21.4 Å². The Morgan fingerprint density at radius 1 is 1.27 bits per heavy atom. The van der Waals surface area contributed by atoms with Crippen molar-refractivity contribution in [3.8, 4) is 0 Å². The number of aromatic nitrogens is 2. The summed E-state index contributed by atoms with van der Waals surface area (Å²) in [5.74, 6) is -0.186. The maximum absolute atomic E-state index is 12.2.